The highest BCUT2D eigenvalue weighted by Gasteiger charge is 2.28. The molecule has 72 heavy (non-hydrogen) atoms. The van der Waals surface area contributed by atoms with E-state index in [1.54, 1.807) is 0 Å². The number of hydrogen-bond acceptors (Lipinski definition) is 10. The number of allylic oxidation sites excluding steroid dienone is 16. The average molecular weight is 1030 g/mol. The van der Waals surface area contributed by atoms with Gasteiger partial charge in [-0.15, -0.1) is 0 Å². The summed E-state index contributed by atoms with van der Waals surface area (Å²) in [6, 6.07) is 0. The summed E-state index contributed by atoms with van der Waals surface area (Å²) in [5.41, 5.74) is 0. The van der Waals surface area contributed by atoms with Gasteiger partial charge in [-0.25, -0.2) is 4.57 Å². The number of hydrogen-bond donors (Lipinski definition) is 2. The summed E-state index contributed by atoms with van der Waals surface area (Å²) in [6.45, 7) is 4.33. The van der Waals surface area contributed by atoms with Crippen LogP contribution in [0, 0.1) is 0 Å². The smallest absolute Gasteiger partial charge is 0.462 e. The highest BCUT2D eigenvalue weighted by atomic mass is 31.2. The van der Waals surface area contributed by atoms with E-state index in [9.17, 15) is 28.9 Å². The summed E-state index contributed by atoms with van der Waals surface area (Å²) in [5.74, 6) is -1.55. The molecule has 0 fully saturated rings. The van der Waals surface area contributed by atoms with Gasteiger partial charge in [0, 0.05) is 19.3 Å². The molecule has 3 atom stereocenters. The number of phosphoric acid groups is 1. The Morgan fingerprint density at radius 3 is 1.15 bits per heavy atom. The molecule has 0 spiro atoms. The van der Waals surface area contributed by atoms with E-state index in [0.29, 0.717) is 19.3 Å². The molecule has 11 nitrogen and oxygen atoms in total. The van der Waals surface area contributed by atoms with Gasteiger partial charge in [0.1, 0.15) is 12.7 Å². The summed E-state index contributed by atoms with van der Waals surface area (Å²) in [6.07, 6.45) is 62.3. The number of aliphatic hydroxyl groups excluding tert-OH is 1. The van der Waals surface area contributed by atoms with Crippen LogP contribution in [-0.2, 0) is 42.2 Å². The quantitative estimate of drug-likeness (QED) is 0.0197. The fourth-order valence-corrected chi connectivity index (χ4v) is 8.02. The Morgan fingerprint density at radius 1 is 0.403 bits per heavy atom. The largest absolute Gasteiger partial charge is 0.472 e. The predicted octanol–water partition coefficient (Wildman–Crippen LogP) is 16.5. The van der Waals surface area contributed by atoms with E-state index in [-0.39, 0.29) is 25.9 Å². The molecule has 0 bridgehead atoms. The lowest BCUT2D eigenvalue weighted by atomic mass is 10.1. The number of carbonyl (C=O) groups is 3. The molecule has 0 aliphatic rings. The van der Waals surface area contributed by atoms with Crippen LogP contribution in [0.25, 0.3) is 0 Å². The van der Waals surface area contributed by atoms with E-state index in [4.69, 9.17) is 23.3 Å². The molecule has 0 radical (unpaired) electrons. The van der Waals surface area contributed by atoms with E-state index < -0.39 is 57.8 Å². The molecule has 0 saturated carbocycles. The molecule has 0 aromatic rings. The average Bonchev–Trinajstić information content (AvgIpc) is 3.37. The third kappa shape index (κ3) is 51.3. The topological polar surface area (TPSA) is 155 Å². The Labute approximate surface area is 438 Å². The molecule has 0 rings (SSSR count). The van der Waals surface area contributed by atoms with Crippen molar-refractivity contribution >= 4 is 25.7 Å². The molecule has 0 aromatic heterocycles. The fourth-order valence-electron chi connectivity index (χ4n) is 7.24. The SMILES string of the molecule is CC/C=C\C/C=C\C/C=C\C/C=C\CCCCC(=O)OCC(COP(=O)(O)OCC(CO)OC(=O)CCCCCCC/C=C\CCCCCCCC)OC(=O)CCCCCCC/C=C\C/C=C\C/C=C\CC. The summed E-state index contributed by atoms with van der Waals surface area (Å²) in [7, 11) is -4.77. The minimum atomic E-state index is -4.77. The van der Waals surface area contributed by atoms with Crippen LogP contribution in [-0.4, -0.2) is 66.5 Å². The molecule has 0 heterocycles. The van der Waals surface area contributed by atoms with E-state index in [0.717, 1.165) is 128 Å². The van der Waals surface area contributed by atoms with Crippen molar-refractivity contribution in [2.45, 2.75) is 238 Å². The van der Waals surface area contributed by atoms with Gasteiger partial charge in [-0.3, -0.25) is 23.4 Å². The molecular formula is C60H101O11P. The lowest BCUT2D eigenvalue weighted by Gasteiger charge is -2.21. The third-order valence-corrected chi connectivity index (χ3v) is 12.4. The molecule has 0 amide bonds. The lowest BCUT2D eigenvalue weighted by molar-refractivity contribution is -0.161. The second kappa shape index (κ2) is 53.7. The van der Waals surface area contributed by atoms with Gasteiger partial charge in [-0.1, -0.05) is 189 Å². The number of phosphoric ester groups is 1. The van der Waals surface area contributed by atoms with Crippen LogP contribution >= 0.6 is 7.82 Å². The summed E-state index contributed by atoms with van der Waals surface area (Å²) < 4.78 is 39.4. The van der Waals surface area contributed by atoms with Crippen molar-refractivity contribution in [1.82, 2.24) is 0 Å². The molecular weight excluding hydrogens is 928 g/mol. The lowest BCUT2D eigenvalue weighted by Crippen LogP contribution is -2.30. The number of aliphatic hydroxyl groups is 1. The van der Waals surface area contributed by atoms with Crippen molar-refractivity contribution in [3.05, 3.63) is 97.2 Å². The zero-order valence-corrected chi connectivity index (χ0v) is 46.3. The summed E-state index contributed by atoms with van der Waals surface area (Å²) >= 11 is 0. The van der Waals surface area contributed by atoms with Crippen molar-refractivity contribution in [2.24, 2.45) is 0 Å². The molecule has 2 N–H and O–H groups in total. The normalized spacial score (nSPS) is 14.1. The van der Waals surface area contributed by atoms with Crippen LogP contribution in [0.4, 0.5) is 0 Å². The zero-order valence-electron chi connectivity index (χ0n) is 45.4. The monoisotopic (exact) mass is 1030 g/mol. The van der Waals surface area contributed by atoms with Crippen LogP contribution < -0.4 is 0 Å². The van der Waals surface area contributed by atoms with Crippen molar-refractivity contribution < 1.29 is 52.2 Å². The number of unbranched alkanes of at least 4 members (excludes halogenated alkanes) is 18. The maximum atomic E-state index is 12.9. The first kappa shape index (κ1) is 68.4. The minimum Gasteiger partial charge on any atom is -0.462 e. The van der Waals surface area contributed by atoms with Gasteiger partial charge >= 0.3 is 25.7 Å². The Kier molecular flexibility index (Phi) is 51.0. The second-order valence-electron chi connectivity index (χ2n) is 18.3. The molecule has 0 aliphatic heterocycles. The fraction of sp³-hybridized carbons (Fsp3) is 0.683. The van der Waals surface area contributed by atoms with Gasteiger partial charge in [0.2, 0.25) is 0 Å². The first-order chi connectivity index (χ1) is 35.2. The van der Waals surface area contributed by atoms with Gasteiger partial charge in [0.25, 0.3) is 0 Å². The molecule has 3 unspecified atom stereocenters. The second-order valence-corrected chi connectivity index (χ2v) is 19.8. The third-order valence-electron chi connectivity index (χ3n) is 11.5. The van der Waals surface area contributed by atoms with Gasteiger partial charge in [0.15, 0.2) is 6.10 Å². The summed E-state index contributed by atoms with van der Waals surface area (Å²) in [4.78, 5) is 48.5. The van der Waals surface area contributed by atoms with Crippen molar-refractivity contribution in [2.75, 3.05) is 26.4 Å². The predicted molar refractivity (Wildman–Crippen MR) is 297 cm³/mol. The van der Waals surface area contributed by atoms with Crippen LogP contribution in [0.2, 0.25) is 0 Å². The summed E-state index contributed by atoms with van der Waals surface area (Å²) in [5, 5.41) is 9.81. The number of rotatable bonds is 51. The van der Waals surface area contributed by atoms with E-state index in [1.807, 2.05) is 0 Å². The van der Waals surface area contributed by atoms with E-state index in [1.165, 1.54) is 38.5 Å². The number of carbonyl (C=O) groups excluding carboxylic acids is 3. The highest BCUT2D eigenvalue weighted by Crippen LogP contribution is 2.43. The first-order valence-corrected chi connectivity index (χ1v) is 29.6. The van der Waals surface area contributed by atoms with Crippen LogP contribution in [0.1, 0.15) is 226 Å². The van der Waals surface area contributed by atoms with Gasteiger partial charge in [0.05, 0.1) is 19.8 Å². The van der Waals surface area contributed by atoms with Crippen LogP contribution in [0.3, 0.4) is 0 Å². The molecule has 0 aliphatic carbocycles. The maximum absolute atomic E-state index is 12.9. The van der Waals surface area contributed by atoms with Crippen molar-refractivity contribution in [3.63, 3.8) is 0 Å². The van der Waals surface area contributed by atoms with Gasteiger partial charge < -0.3 is 24.2 Å². The zero-order chi connectivity index (χ0) is 52.7. The van der Waals surface area contributed by atoms with Crippen molar-refractivity contribution in [1.29, 1.82) is 0 Å². The highest BCUT2D eigenvalue weighted by molar-refractivity contribution is 7.47. The Hall–Kier alpha value is -3.60. The first-order valence-electron chi connectivity index (χ1n) is 28.1. The van der Waals surface area contributed by atoms with Gasteiger partial charge in [-0.2, -0.15) is 0 Å². The molecule has 0 saturated heterocycles. The standard InChI is InChI=1S/C60H101O11P/c1-4-7-10-13-16-19-22-25-28-31-34-37-40-43-46-49-58(62)67-53-57(71-60(64)51-48-45-42-39-36-33-30-27-24-21-18-15-12-9-6-3)55-69-72(65,66)68-54-56(52-61)70-59(63)50-47-44-41-38-35-32-29-26-23-20-17-14-11-8-5-2/h7,9-10,12,16,18-19,21,25-30,34,37,56-57,61H,4-6,8,11,13-15,17,20,22-24,31-33,35-36,38-55H2,1-3H3,(H,65,66)/b10-7-,12-9-,19-16-,21-18-,28-25-,29-26-,30-27-,37-34-. The van der Waals surface area contributed by atoms with E-state index >= 15 is 0 Å². The van der Waals surface area contributed by atoms with Crippen LogP contribution in [0.5, 0.6) is 0 Å². The molecule has 412 valence electrons. The van der Waals surface area contributed by atoms with Gasteiger partial charge in [-0.05, 0) is 116 Å². The minimum absolute atomic E-state index is 0.134. The van der Waals surface area contributed by atoms with Crippen molar-refractivity contribution in [3.8, 4) is 0 Å². The molecule has 12 heteroatoms. The number of esters is 3. The number of ether oxygens (including phenoxy) is 3. The Bertz CT molecular complexity index is 1580. The van der Waals surface area contributed by atoms with E-state index in [2.05, 4.69) is 118 Å². The van der Waals surface area contributed by atoms with Crippen LogP contribution in [0.15, 0.2) is 97.2 Å². The Morgan fingerprint density at radius 2 is 0.722 bits per heavy atom. The maximum Gasteiger partial charge on any atom is 0.472 e. The Balaban J connectivity index is 4.81. The molecule has 0 aromatic carbocycles.